The van der Waals surface area contributed by atoms with Crippen molar-refractivity contribution < 1.29 is 14.3 Å². The number of methoxy groups -OCH3 is 2. The number of carbonyl (C=O) groups excluding carboxylic acids is 1. The fraction of sp³-hybridized carbons (Fsp3) is 0.150. The van der Waals surface area contributed by atoms with Crippen LogP contribution in [0.25, 0.3) is 11.4 Å². The number of aromatic nitrogens is 2. The molecular weight excluding hydrogens is 330 g/mol. The van der Waals surface area contributed by atoms with Crippen LogP contribution in [0.15, 0.2) is 54.7 Å². The SMILES string of the molecule is COc1ccc(-c2ncc(C(=O)Nc3cccc(OC)c3)c(C)n2)cc1. The molecule has 1 aromatic heterocycles. The van der Waals surface area contributed by atoms with Crippen molar-refractivity contribution in [2.75, 3.05) is 19.5 Å². The average Bonchev–Trinajstić information content (AvgIpc) is 2.68. The van der Waals surface area contributed by atoms with Crippen LogP contribution in [0.5, 0.6) is 11.5 Å². The highest BCUT2D eigenvalue weighted by atomic mass is 16.5. The molecule has 132 valence electrons. The molecule has 3 aromatic rings. The van der Waals surface area contributed by atoms with Gasteiger partial charge < -0.3 is 14.8 Å². The number of hydrogen-bond acceptors (Lipinski definition) is 5. The molecule has 6 heteroatoms. The van der Waals surface area contributed by atoms with E-state index >= 15 is 0 Å². The van der Waals surface area contributed by atoms with Crippen LogP contribution in [-0.2, 0) is 0 Å². The Morgan fingerprint density at radius 2 is 1.73 bits per heavy atom. The highest BCUT2D eigenvalue weighted by molar-refractivity contribution is 6.04. The van der Waals surface area contributed by atoms with Gasteiger partial charge in [0.15, 0.2) is 5.82 Å². The molecule has 6 nitrogen and oxygen atoms in total. The summed E-state index contributed by atoms with van der Waals surface area (Å²) in [4.78, 5) is 21.3. The lowest BCUT2D eigenvalue weighted by molar-refractivity contribution is 0.102. The number of nitrogens with one attached hydrogen (secondary N) is 1. The van der Waals surface area contributed by atoms with E-state index in [2.05, 4.69) is 15.3 Å². The van der Waals surface area contributed by atoms with E-state index in [9.17, 15) is 4.79 Å². The van der Waals surface area contributed by atoms with E-state index in [0.29, 0.717) is 28.5 Å². The van der Waals surface area contributed by atoms with E-state index in [4.69, 9.17) is 9.47 Å². The molecule has 0 radical (unpaired) electrons. The third-order valence-corrected chi connectivity index (χ3v) is 3.90. The summed E-state index contributed by atoms with van der Waals surface area (Å²) in [6, 6.07) is 14.6. The van der Waals surface area contributed by atoms with Crippen LogP contribution < -0.4 is 14.8 Å². The van der Waals surface area contributed by atoms with Crippen LogP contribution in [0, 0.1) is 6.92 Å². The monoisotopic (exact) mass is 349 g/mol. The summed E-state index contributed by atoms with van der Waals surface area (Å²) in [5, 5.41) is 2.83. The second-order valence-electron chi connectivity index (χ2n) is 5.61. The van der Waals surface area contributed by atoms with Gasteiger partial charge in [-0.1, -0.05) is 6.07 Å². The van der Waals surface area contributed by atoms with E-state index in [1.807, 2.05) is 36.4 Å². The van der Waals surface area contributed by atoms with E-state index in [0.717, 1.165) is 11.3 Å². The number of hydrogen-bond donors (Lipinski definition) is 1. The Hall–Kier alpha value is -3.41. The van der Waals surface area contributed by atoms with Gasteiger partial charge in [0.2, 0.25) is 0 Å². The smallest absolute Gasteiger partial charge is 0.259 e. The summed E-state index contributed by atoms with van der Waals surface area (Å²) in [6.07, 6.45) is 1.54. The maximum atomic E-state index is 12.5. The van der Waals surface area contributed by atoms with Gasteiger partial charge in [-0.3, -0.25) is 4.79 Å². The van der Waals surface area contributed by atoms with Crippen molar-refractivity contribution in [2.45, 2.75) is 6.92 Å². The standard InChI is InChI=1S/C20H19N3O3/c1-13-18(20(24)23-15-5-4-6-17(11-15)26-3)12-21-19(22-13)14-7-9-16(25-2)10-8-14/h4-12H,1-3H3,(H,23,24). The van der Waals surface area contributed by atoms with Gasteiger partial charge in [0, 0.05) is 23.5 Å². The highest BCUT2D eigenvalue weighted by Gasteiger charge is 2.13. The normalized spacial score (nSPS) is 10.3. The lowest BCUT2D eigenvalue weighted by atomic mass is 10.1. The first kappa shape index (κ1) is 17.4. The molecule has 0 saturated carbocycles. The molecule has 26 heavy (non-hydrogen) atoms. The Bertz CT molecular complexity index is 924. The molecule has 0 atom stereocenters. The average molecular weight is 349 g/mol. The number of aryl methyl sites for hydroxylation is 1. The van der Waals surface area contributed by atoms with Crippen molar-refractivity contribution in [1.29, 1.82) is 0 Å². The highest BCUT2D eigenvalue weighted by Crippen LogP contribution is 2.21. The molecule has 2 aromatic carbocycles. The van der Waals surface area contributed by atoms with E-state index in [1.165, 1.54) is 6.20 Å². The van der Waals surface area contributed by atoms with Crippen LogP contribution in [0.3, 0.4) is 0 Å². The molecule has 0 saturated heterocycles. The first-order chi connectivity index (χ1) is 12.6. The van der Waals surface area contributed by atoms with Crippen LogP contribution in [0.1, 0.15) is 16.1 Å². The molecule has 0 aliphatic carbocycles. The number of rotatable bonds is 5. The van der Waals surface area contributed by atoms with Crippen molar-refractivity contribution >= 4 is 11.6 Å². The predicted molar refractivity (Wildman–Crippen MR) is 99.7 cm³/mol. The van der Waals surface area contributed by atoms with Gasteiger partial charge in [-0.25, -0.2) is 9.97 Å². The summed E-state index contributed by atoms with van der Waals surface area (Å²) in [5.41, 5.74) is 2.53. The molecule has 0 aliphatic rings. The summed E-state index contributed by atoms with van der Waals surface area (Å²) in [7, 11) is 3.20. The maximum absolute atomic E-state index is 12.5. The van der Waals surface area contributed by atoms with Crippen LogP contribution >= 0.6 is 0 Å². The summed E-state index contributed by atoms with van der Waals surface area (Å²) < 4.78 is 10.3. The maximum Gasteiger partial charge on any atom is 0.259 e. The molecule has 3 rings (SSSR count). The Labute approximate surface area is 151 Å². The molecule has 1 amide bonds. The number of benzene rings is 2. The second-order valence-corrected chi connectivity index (χ2v) is 5.61. The minimum absolute atomic E-state index is 0.267. The van der Waals surface area contributed by atoms with Crippen molar-refractivity contribution in [2.24, 2.45) is 0 Å². The van der Waals surface area contributed by atoms with Gasteiger partial charge in [0.1, 0.15) is 11.5 Å². The number of carbonyl (C=O) groups is 1. The summed E-state index contributed by atoms with van der Waals surface area (Å²) >= 11 is 0. The zero-order chi connectivity index (χ0) is 18.5. The van der Waals surface area contributed by atoms with Gasteiger partial charge in [-0.2, -0.15) is 0 Å². The fourth-order valence-electron chi connectivity index (χ4n) is 2.47. The molecule has 0 unspecified atom stereocenters. The third-order valence-electron chi connectivity index (χ3n) is 3.90. The largest absolute Gasteiger partial charge is 0.497 e. The molecule has 0 bridgehead atoms. The quantitative estimate of drug-likeness (QED) is 0.760. The Morgan fingerprint density at radius 3 is 2.38 bits per heavy atom. The van der Waals surface area contributed by atoms with Crippen molar-refractivity contribution in [1.82, 2.24) is 9.97 Å². The summed E-state index contributed by atoms with van der Waals surface area (Å²) in [6.45, 7) is 1.79. The topological polar surface area (TPSA) is 73.3 Å². The third kappa shape index (κ3) is 3.80. The van der Waals surface area contributed by atoms with E-state index in [1.54, 1.807) is 33.3 Å². The lowest BCUT2D eigenvalue weighted by Crippen LogP contribution is -2.15. The molecule has 0 aliphatic heterocycles. The van der Waals surface area contributed by atoms with Crippen molar-refractivity contribution in [3.63, 3.8) is 0 Å². The Kier molecular flexibility index (Phi) is 5.12. The minimum Gasteiger partial charge on any atom is -0.497 e. The molecule has 0 fully saturated rings. The van der Waals surface area contributed by atoms with Gasteiger partial charge in [0.25, 0.3) is 5.91 Å². The van der Waals surface area contributed by atoms with Gasteiger partial charge in [-0.05, 0) is 43.3 Å². The van der Waals surface area contributed by atoms with Gasteiger partial charge in [-0.15, -0.1) is 0 Å². The lowest BCUT2D eigenvalue weighted by Gasteiger charge is -2.09. The fourth-order valence-corrected chi connectivity index (χ4v) is 2.47. The number of anilines is 1. The second kappa shape index (κ2) is 7.65. The summed E-state index contributed by atoms with van der Waals surface area (Å²) in [5.74, 6) is 1.73. The molecule has 1 heterocycles. The zero-order valence-corrected chi connectivity index (χ0v) is 14.8. The van der Waals surface area contributed by atoms with Crippen molar-refractivity contribution in [3.05, 3.63) is 66.0 Å². The molecule has 0 spiro atoms. The molecule has 1 N–H and O–H groups in total. The van der Waals surface area contributed by atoms with E-state index < -0.39 is 0 Å². The van der Waals surface area contributed by atoms with Gasteiger partial charge >= 0.3 is 0 Å². The van der Waals surface area contributed by atoms with Gasteiger partial charge in [0.05, 0.1) is 25.5 Å². The number of amides is 1. The first-order valence-electron chi connectivity index (χ1n) is 8.04. The van der Waals surface area contributed by atoms with Crippen LogP contribution in [-0.4, -0.2) is 30.1 Å². The number of nitrogens with zero attached hydrogens (tertiary/aromatic N) is 2. The predicted octanol–water partition coefficient (Wildman–Crippen LogP) is 3.72. The van der Waals surface area contributed by atoms with Crippen LogP contribution in [0.2, 0.25) is 0 Å². The Morgan fingerprint density at radius 1 is 1.00 bits per heavy atom. The first-order valence-corrected chi connectivity index (χ1v) is 8.04. The number of ether oxygens (including phenoxy) is 2. The van der Waals surface area contributed by atoms with E-state index in [-0.39, 0.29) is 5.91 Å². The zero-order valence-electron chi connectivity index (χ0n) is 14.8. The Balaban J connectivity index is 1.80. The van der Waals surface area contributed by atoms with Crippen molar-refractivity contribution in [3.8, 4) is 22.9 Å². The minimum atomic E-state index is -0.267. The molecular formula is C20H19N3O3. The van der Waals surface area contributed by atoms with Crippen LogP contribution in [0.4, 0.5) is 5.69 Å².